The van der Waals surface area contributed by atoms with Crippen LogP contribution in [-0.2, 0) is 0 Å². The summed E-state index contributed by atoms with van der Waals surface area (Å²) in [5.41, 5.74) is 8.41. The predicted octanol–water partition coefficient (Wildman–Crippen LogP) is 2.15. The summed E-state index contributed by atoms with van der Waals surface area (Å²) < 4.78 is 0. The molecule has 2 rings (SSSR count). The molecule has 106 valence electrons. The molecule has 6 nitrogen and oxygen atoms in total. The molecule has 3 N–H and O–H groups in total. The van der Waals surface area contributed by atoms with Gasteiger partial charge in [-0.15, -0.1) is 0 Å². The highest BCUT2D eigenvalue weighted by Gasteiger charge is 1.97. The highest BCUT2D eigenvalue weighted by atomic mass is 15.0. The molecular formula is C15H16N6. The lowest BCUT2D eigenvalue weighted by Crippen LogP contribution is -1.95. The number of nitrogens with zero attached hydrogens (tertiary/aromatic N) is 4. The van der Waals surface area contributed by atoms with Crippen LogP contribution in [0.25, 0.3) is 0 Å². The number of rotatable bonds is 1. The topological polar surface area (TPSA) is 111 Å². The van der Waals surface area contributed by atoms with Crippen LogP contribution in [0.2, 0.25) is 0 Å². The van der Waals surface area contributed by atoms with Crippen LogP contribution in [0.1, 0.15) is 22.3 Å². The fraction of sp³-hybridized carbons (Fsp3) is 0.200. The second kappa shape index (κ2) is 7.46. The molecular weight excluding hydrogens is 264 g/mol. The van der Waals surface area contributed by atoms with Gasteiger partial charge in [-0.3, -0.25) is 0 Å². The average molecular weight is 280 g/mol. The van der Waals surface area contributed by atoms with Crippen molar-refractivity contribution < 1.29 is 0 Å². The third-order valence-electron chi connectivity index (χ3n) is 2.69. The molecule has 21 heavy (non-hydrogen) atoms. The fourth-order valence-electron chi connectivity index (χ4n) is 1.54. The number of nitrogens with two attached hydrogens (primary N) is 1. The first-order valence-corrected chi connectivity index (χ1v) is 6.18. The van der Waals surface area contributed by atoms with Gasteiger partial charge in [0.15, 0.2) is 0 Å². The SMILES string of the molecule is CNc1ncc(C#N)cc1C.Cc1cc(C#N)cnc1N. The Morgan fingerprint density at radius 3 is 1.95 bits per heavy atom. The molecule has 6 heteroatoms. The normalized spacial score (nSPS) is 8.81. The molecule has 0 aromatic carbocycles. The summed E-state index contributed by atoms with van der Waals surface area (Å²) in [6.07, 6.45) is 3.02. The Kier molecular flexibility index (Phi) is 5.66. The van der Waals surface area contributed by atoms with E-state index in [1.54, 1.807) is 25.4 Å². The van der Waals surface area contributed by atoms with E-state index in [9.17, 15) is 0 Å². The summed E-state index contributed by atoms with van der Waals surface area (Å²) >= 11 is 0. The number of nitrogens with one attached hydrogen (secondary N) is 1. The number of hydrogen-bond donors (Lipinski definition) is 2. The molecule has 2 aromatic heterocycles. The fourth-order valence-corrected chi connectivity index (χ4v) is 1.54. The maximum Gasteiger partial charge on any atom is 0.128 e. The lowest BCUT2D eigenvalue weighted by Gasteiger charge is -2.01. The quantitative estimate of drug-likeness (QED) is 0.827. The number of nitriles is 2. The van der Waals surface area contributed by atoms with Crippen LogP contribution >= 0.6 is 0 Å². The Morgan fingerprint density at radius 1 is 1.00 bits per heavy atom. The van der Waals surface area contributed by atoms with Crippen LogP contribution < -0.4 is 11.1 Å². The third-order valence-corrected chi connectivity index (χ3v) is 2.69. The van der Waals surface area contributed by atoms with E-state index in [4.69, 9.17) is 16.3 Å². The van der Waals surface area contributed by atoms with Gasteiger partial charge < -0.3 is 11.1 Å². The van der Waals surface area contributed by atoms with Crippen LogP contribution in [-0.4, -0.2) is 17.0 Å². The predicted molar refractivity (Wildman–Crippen MR) is 81.3 cm³/mol. The summed E-state index contributed by atoms with van der Waals surface area (Å²) in [4.78, 5) is 7.84. The maximum absolute atomic E-state index is 8.52. The Bertz CT molecular complexity index is 709. The molecule has 2 heterocycles. The van der Waals surface area contributed by atoms with Crippen LogP contribution in [0, 0.1) is 36.5 Å². The molecule has 0 bridgehead atoms. The molecule has 0 spiro atoms. The number of nitrogen functional groups attached to an aromatic ring is 1. The smallest absolute Gasteiger partial charge is 0.128 e. The molecule has 0 aliphatic carbocycles. The monoisotopic (exact) mass is 280 g/mol. The zero-order valence-corrected chi connectivity index (χ0v) is 12.2. The minimum atomic E-state index is 0.485. The van der Waals surface area contributed by atoms with Crippen molar-refractivity contribution in [3.8, 4) is 12.1 Å². The number of hydrogen-bond acceptors (Lipinski definition) is 6. The van der Waals surface area contributed by atoms with Crippen LogP contribution in [0.15, 0.2) is 24.5 Å². The van der Waals surface area contributed by atoms with Gasteiger partial charge in [-0.2, -0.15) is 10.5 Å². The van der Waals surface area contributed by atoms with E-state index in [0.29, 0.717) is 16.9 Å². The molecule has 0 saturated heterocycles. The minimum absolute atomic E-state index is 0.485. The van der Waals surface area contributed by atoms with Gasteiger partial charge in [-0.05, 0) is 37.1 Å². The largest absolute Gasteiger partial charge is 0.383 e. The van der Waals surface area contributed by atoms with Crippen molar-refractivity contribution in [3.05, 3.63) is 46.8 Å². The molecule has 0 atom stereocenters. The first kappa shape index (κ1) is 15.9. The van der Waals surface area contributed by atoms with Crippen molar-refractivity contribution in [3.63, 3.8) is 0 Å². The molecule has 0 saturated carbocycles. The zero-order valence-electron chi connectivity index (χ0n) is 12.2. The summed E-state index contributed by atoms with van der Waals surface area (Å²) in [7, 11) is 1.81. The lowest BCUT2D eigenvalue weighted by atomic mass is 10.2. The van der Waals surface area contributed by atoms with Gasteiger partial charge in [-0.1, -0.05) is 0 Å². The summed E-state index contributed by atoms with van der Waals surface area (Å²) in [6, 6.07) is 7.52. The molecule has 0 radical (unpaired) electrons. The first-order valence-electron chi connectivity index (χ1n) is 6.18. The lowest BCUT2D eigenvalue weighted by molar-refractivity contribution is 1.22. The second-order valence-corrected chi connectivity index (χ2v) is 4.29. The van der Waals surface area contributed by atoms with Gasteiger partial charge >= 0.3 is 0 Å². The van der Waals surface area contributed by atoms with E-state index in [1.807, 2.05) is 26.0 Å². The standard InChI is InChI=1S/C8H9N3.C7H7N3/c1-6-3-7(4-9)5-11-8(6)10-2;1-5-2-6(3-8)4-10-7(5)9/h3,5H,1-2H3,(H,10,11);2,4H,1H3,(H2,9,10). The van der Waals surface area contributed by atoms with Gasteiger partial charge in [-0.25, -0.2) is 9.97 Å². The Morgan fingerprint density at radius 2 is 1.52 bits per heavy atom. The number of aryl methyl sites for hydroxylation is 2. The Labute approximate surface area is 123 Å². The van der Waals surface area contributed by atoms with E-state index in [1.165, 1.54) is 6.20 Å². The third kappa shape index (κ3) is 4.48. The zero-order chi connectivity index (χ0) is 15.8. The number of pyridine rings is 2. The van der Waals surface area contributed by atoms with Crippen molar-refractivity contribution in [2.75, 3.05) is 18.1 Å². The van der Waals surface area contributed by atoms with Gasteiger partial charge in [0.1, 0.15) is 23.8 Å². The van der Waals surface area contributed by atoms with Crippen molar-refractivity contribution in [2.45, 2.75) is 13.8 Å². The molecule has 2 aromatic rings. The number of anilines is 2. The first-order chi connectivity index (χ1) is 10.0. The van der Waals surface area contributed by atoms with Crippen LogP contribution in [0.5, 0.6) is 0 Å². The number of aromatic nitrogens is 2. The van der Waals surface area contributed by atoms with Crippen LogP contribution in [0.3, 0.4) is 0 Å². The van der Waals surface area contributed by atoms with Gasteiger partial charge in [0, 0.05) is 19.4 Å². The van der Waals surface area contributed by atoms with Crippen molar-refractivity contribution >= 4 is 11.6 Å². The second-order valence-electron chi connectivity index (χ2n) is 4.29. The Hall–Kier alpha value is -3.12. The summed E-state index contributed by atoms with van der Waals surface area (Å²) in [6.45, 7) is 3.74. The van der Waals surface area contributed by atoms with Gasteiger partial charge in [0.2, 0.25) is 0 Å². The van der Waals surface area contributed by atoms with Crippen molar-refractivity contribution in [2.24, 2.45) is 0 Å². The van der Waals surface area contributed by atoms with E-state index in [-0.39, 0.29) is 0 Å². The minimum Gasteiger partial charge on any atom is -0.383 e. The van der Waals surface area contributed by atoms with Crippen molar-refractivity contribution in [1.29, 1.82) is 10.5 Å². The summed E-state index contributed by atoms with van der Waals surface area (Å²) in [5.74, 6) is 1.31. The highest BCUT2D eigenvalue weighted by Crippen LogP contribution is 2.10. The van der Waals surface area contributed by atoms with Crippen molar-refractivity contribution in [1.82, 2.24) is 9.97 Å². The maximum atomic E-state index is 8.52. The molecule has 0 unspecified atom stereocenters. The molecule has 0 amide bonds. The average Bonchev–Trinajstić information content (AvgIpc) is 2.50. The van der Waals surface area contributed by atoms with E-state index in [0.717, 1.165) is 16.9 Å². The highest BCUT2D eigenvalue weighted by molar-refractivity contribution is 5.46. The van der Waals surface area contributed by atoms with E-state index < -0.39 is 0 Å². The Balaban J connectivity index is 0.000000211. The van der Waals surface area contributed by atoms with E-state index in [2.05, 4.69) is 15.3 Å². The van der Waals surface area contributed by atoms with E-state index >= 15 is 0 Å². The molecule has 0 aliphatic heterocycles. The summed E-state index contributed by atoms with van der Waals surface area (Å²) in [5, 5.41) is 19.9. The molecule has 0 fully saturated rings. The van der Waals surface area contributed by atoms with Crippen LogP contribution in [0.4, 0.5) is 11.6 Å². The van der Waals surface area contributed by atoms with Gasteiger partial charge in [0.05, 0.1) is 11.1 Å². The van der Waals surface area contributed by atoms with Gasteiger partial charge in [0.25, 0.3) is 0 Å². The molecule has 0 aliphatic rings.